The third-order valence-corrected chi connectivity index (χ3v) is 2.36. The van der Waals surface area contributed by atoms with E-state index in [4.69, 9.17) is 10.2 Å². The quantitative estimate of drug-likeness (QED) is 0.547. The van der Waals surface area contributed by atoms with Crippen LogP contribution in [0.3, 0.4) is 0 Å². The summed E-state index contributed by atoms with van der Waals surface area (Å²) in [7, 11) is 0. The maximum atomic E-state index is 9.32. The number of phenols is 3. The van der Waals surface area contributed by atoms with Crippen molar-refractivity contribution in [3.63, 3.8) is 0 Å². The van der Waals surface area contributed by atoms with Crippen molar-refractivity contribution in [3.8, 4) is 17.2 Å². The van der Waals surface area contributed by atoms with Crippen LogP contribution >= 0.6 is 0 Å². The topological polar surface area (TPSA) is 60.7 Å². The summed E-state index contributed by atoms with van der Waals surface area (Å²) in [5.41, 5.74) is 1.73. The predicted molar refractivity (Wildman–Crippen MR) is 66.8 cm³/mol. The first-order chi connectivity index (χ1) is 8.15. The van der Waals surface area contributed by atoms with Gasteiger partial charge in [-0.25, -0.2) is 0 Å². The number of hydrogen-bond acceptors (Lipinski definition) is 3. The first-order valence-corrected chi connectivity index (χ1v) is 5.14. The minimum atomic E-state index is -0.141. The first kappa shape index (κ1) is 11.1. The van der Waals surface area contributed by atoms with E-state index in [0.29, 0.717) is 0 Å². The Morgan fingerprint density at radius 3 is 1.88 bits per heavy atom. The molecule has 0 saturated carbocycles. The van der Waals surface area contributed by atoms with E-state index in [1.54, 1.807) is 30.3 Å². The van der Waals surface area contributed by atoms with Crippen molar-refractivity contribution < 1.29 is 15.3 Å². The van der Waals surface area contributed by atoms with Crippen LogP contribution < -0.4 is 0 Å². The van der Waals surface area contributed by atoms with Crippen molar-refractivity contribution in [3.05, 3.63) is 53.6 Å². The highest BCUT2D eigenvalue weighted by molar-refractivity contribution is 5.70. The second-order valence-electron chi connectivity index (χ2n) is 3.67. The maximum Gasteiger partial charge on any atom is 0.157 e. The van der Waals surface area contributed by atoms with E-state index in [0.717, 1.165) is 11.1 Å². The molecule has 86 valence electrons. The number of rotatable bonds is 2. The van der Waals surface area contributed by atoms with Gasteiger partial charge in [0.1, 0.15) is 5.75 Å². The van der Waals surface area contributed by atoms with Crippen molar-refractivity contribution in [1.29, 1.82) is 0 Å². The molecule has 0 bridgehead atoms. The zero-order valence-corrected chi connectivity index (χ0v) is 9.04. The predicted octanol–water partition coefficient (Wildman–Crippen LogP) is 2.97. The van der Waals surface area contributed by atoms with Crippen LogP contribution in [-0.4, -0.2) is 15.3 Å². The molecule has 0 amide bonds. The molecule has 3 heteroatoms. The third kappa shape index (κ3) is 2.78. The smallest absolute Gasteiger partial charge is 0.157 e. The molecule has 3 N–H and O–H groups in total. The van der Waals surface area contributed by atoms with Gasteiger partial charge >= 0.3 is 0 Å². The lowest BCUT2D eigenvalue weighted by Crippen LogP contribution is -1.74. The van der Waals surface area contributed by atoms with Crippen molar-refractivity contribution >= 4 is 12.2 Å². The van der Waals surface area contributed by atoms with Crippen LogP contribution in [0.1, 0.15) is 11.1 Å². The fraction of sp³-hybridized carbons (Fsp3) is 0. The monoisotopic (exact) mass is 228 g/mol. The van der Waals surface area contributed by atoms with Gasteiger partial charge in [-0.05, 0) is 35.4 Å². The lowest BCUT2D eigenvalue weighted by molar-refractivity contribution is 0.403. The second-order valence-corrected chi connectivity index (χ2v) is 3.67. The summed E-state index contributed by atoms with van der Waals surface area (Å²) in [5.74, 6) is -0.0472. The Hall–Kier alpha value is -2.42. The summed E-state index contributed by atoms with van der Waals surface area (Å²) in [6, 6.07) is 11.4. The molecule has 0 atom stereocenters. The highest BCUT2D eigenvalue weighted by atomic mass is 16.3. The summed E-state index contributed by atoms with van der Waals surface area (Å²) < 4.78 is 0. The number of aromatic hydroxyl groups is 3. The van der Waals surface area contributed by atoms with Gasteiger partial charge in [0.15, 0.2) is 11.5 Å². The molecule has 0 spiro atoms. The van der Waals surface area contributed by atoms with E-state index in [-0.39, 0.29) is 17.2 Å². The molecule has 0 aliphatic carbocycles. The van der Waals surface area contributed by atoms with E-state index in [9.17, 15) is 5.11 Å². The molecule has 3 nitrogen and oxygen atoms in total. The highest BCUT2D eigenvalue weighted by Crippen LogP contribution is 2.25. The van der Waals surface area contributed by atoms with Gasteiger partial charge in [-0.3, -0.25) is 0 Å². The minimum absolute atomic E-state index is 0.133. The van der Waals surface area contributed by atoms with Crippen LogP contribution in [0.15, 0.2) is 42.5 Å². The van der Waals surface area contributed by atoms with Crippen molar-refractivity contribution in [2.45, 2.75) is 0 Å². The normalized spacial score (nSPS) is 10.8. The van der Waals surface area contributed by atoms with Crippen LogP contribution in [0.2, 0.25) is 0 Å². The summed E-state index contributed by atoms with van der Waals surface area (Å²) in [6.07, 6.45) is 3.66. The van der Waals surface area contributed by atoms with Crippen LogP contribution in [0.4, 0.5) is 0 Å². The summed E-state index contributed by atoms with van der Waals surface area (Å²) in [5, 5.41) is 27.6. The largest absolute Gasteiger partial charge is 0.508 e. The molecule has 2 aromatic carbocycles. The Kier molecular flexibility index (Phi) is 3.01. The number of hydrogen-bond donors (Lipinski definition) is 3. The molecular weight excluding hydrogens is 216 g/mol. The maximum absolute atomic E-state index is 9.32. The van der Waals surface area contributed by atoms with E-state index >= 15 is 0 Å². The fourth-order valence-electron chi connectivity index (χ4n) is 1.42. The van der Waals surface area contributed by atoms with Gasteiger partial charge in [0.25, 0.3) is 0 Å². The van der Waals surface area contributed by atoms with Crippen molar-refractivity contribution in [2.24, 2.45) is 0 Å². The molecular formula is C14H12O3. The Morgan fingerprint density at radius 1 is 0.647 bits per heavy atom. The first-order valence-electron chi connectivity index (χ1n) is 5.14. The van der Waals surface area contributed by atoms with Crippen molar-refractivity contribution in [2.75, 3.05) is 0 Å². The average Bonchev–Trinajstić information content (AvgIpc) is 2.33. The third-order valence-electron chi connectivity index (χ3n) is 2.36. The molecule has 0 aliphatic heterocycles. The van der Waals surface area contributed by atoms with Crippen LogP contribution in [0, 0.1) is 0 Å². The van der Waals surface area contributed by atoms with Gasteiger partial charge in [-0.2, -0.15) is 0 Å². The highest BCUT2D eigenvalue weighted by Gasteiger charge is 1.97. The lowest BCUT2D eigenvalue weighted by atomic mass is 10.1. The molecule has 0 unspecified atom stereocenters. The van der Waals surface area contributed by atoms with E-state index in [1.165, 1.54) is 12.1 Å². The summed E-state index contributed by atoms with van der Waals surface area (Å²) in [6.45, 7) is 0. The molecule has 0 aromatic heterocycles. The SMILES string of the molecule is Oc1ccc(C=Cc2ccc(O)c(O)c2)cc1. The summed E-state index contributed by atoms with van der Waals surface area (Å²) in [4.78, 5) is 0. The average molecular weight is 228 g/mol. The molecule has 2 rings (SSSR count). The number of benzene rings is 2. The lowest BCUT2D eigenvalue weighted by Gasteiger charge is -1.99. The number of phenolic OH excluding ortho intramolecular Hbond substituents is 3. The van der Waals surface area contributed by atoms with Crippen molar-refractivity contribution in [1.82, 2.24) is 0 Å². The molecule has 0 aliphatic rings. The minimum Gasteiger partial charge on any atom is -0.508 e. The van der Waals surface area contributed by atoms with Gasteiger partial charge < -0.3 is 15.3 Å². The Bertz CT molecular complexity index is 542. The van der Waals surface area contributed by atoms with E-state index in [2.05, 4.69) is 0 Å². The van der Waals surface area contributed by atoms with Gasteiger partial charge in [-0.1, -0.05) is 30.4 Å². The second kappa shape index (κ2) is 4.61. The zero-order chi connectivity index (χ0) is 12.3. The summed E-state index contributed by atoms with van der Waals surface area (Å²) >= 11 is 0. The molecule has 0 radical (unpaired) electrons. The molecule has 0 saturated heterocycles. The zero-order valence-electron chi connectivity index (χ0n) is 9.04. The molecule has 2 aromatic rings. The van der Waals surface area contributed by atoms with Crippen LogP contribution in [0.25, 0.3) is 12.2 Å². The molecule has 17 heavy (non-hydrogen) atoms. The van der Waals surface area contributed by atoms with Gasteiger partial charge in [0.2, 0.25) is 0 Å². The van der Waals surface area contributed by atoms with Crippen LogP contribution in [-0.2, 0) is 0 Å². The van der Waals surface area contributed by atoms with E-state index in [1.807, 2.05) is 12.2 Å². The molecule has 0 heterocycles. The van der Waals surface area contributed by atoms with Gasteiger partial charge in [0.05, 0.1) is 0 Å². The Balaban J connectivity index is 2.20. The Morgan fingerprint density at radius 2 is 1.24 bits per heavy atom. The standard InChI is InChI=1S/C14H12O3/c15-12-6-3-10(4-7-12)1-2-11-5-8-13(16)14(17)9-11/h1-9,15-17H. The van der Waals surface area contributed by atoms with Gasteiger partial charge in [0, 0.05) is 0 Å². The molecule has 0 fully saturated rings. The van der Waals surface area contributed by atoms with Crippen LogP contribution in [0.5, 0.6) is 17.2 Å². The van der Waals surface area contributed by atoms with E-state index < -0.39 is 0 Å². The van der Waals surface area contributed by atoms with Gasteiger partial charge in [-0.15, -0.1) is 0 Å². The fourth-order valence-corrected chi connectivity index (χ4v) is 1.42. The Labute approximate surface area is 98.9 Å².